The topological polar surface area (TPSA) is 37.4 Å². The van der Waals surface area contributed by atoms with Crippen LogP contribution in [0.15, 0.2) is 29.2 Å². The van der Waals surface area contributed by atoms with Crippen LogP contribution in [0.25, 0.3) is 0 Å². The van der Waals surface area contributed by atoms with Crippen molar-refractivity contribution in [3.63, 3.8) is 0 Å². The fraction of sp³-hybridized carbons (Fsp3) is 0.538. The van der Waals surface area contributed by atoms with Crippen molar-refractivity contribution in [2.45, 2.75) is 30.8 Å². The summed E-state index contributed by atoms with van der Waals surface area (Å²) in [5, 5.41) is 0. The van der Waals surface area contributed by atoms with Crippen LogP contribution in [-0.2, 0) is 16.4 Å². The summed E-state index contributed by atoms with van der Waals surface area (Å²) in [7, 11) is -4.20. The summed E-state index contributed by atoms with van der Waals surface area (Å²) in [4.78, 5) is -0.156. The summed E-state index contributed by atoms with van der Waals surface area (Å²) in [6, 6.07) is 5.89. The number of halogens is 4. The van der Waals surface area contributed by atoms with Gasteiger partial charge in [0.15, 0.2) is 0 Å². The summed E-state index contributed by atoms with van der Waals surface area (Å²) in [5.74, 6) is -0.205. The SMILES string of the molecule is CCCc1ccc(S(=O)(=O)N(CCCl)CC(F)(F)F)cc1. The van der Waals surface area contributed by atoms with Crippen LogP contribution in [0.2, 0.25) is 0 Å². The van der Waals surface area contributed by atoms with Gasteiger partial charge in [0.2, 0.25) is 10.0 Å². The van der Waals surface area contributed by atoms with Crippen molar-refractivity contribution in [3.05, 3.63) is 29.8 Å². The molecule has 0 amide bonds. The third-order valence-electron chi connectivity index (χ3n) is 2.79. The predicted octanol–water partition coefficient (Wildman–Crippen LogP) is 3.43. The monoisotopic (exact) mass is 343 g/mol. The molecular formula is C13H17ClF3NO2S. The molecule has 0 unspecified atom stereocenters. The second kappa shape index (κ2) is 7.47. The zero-order chi connectivity index (χ0) is 16.1. The highest BCUT2D eigenvalue weighted by atomic mass is 35.5. The van der Waals surface area contributed by atoms with Crippen molar-refractivity contribution in [3.8, 4) is 0 Å². The van der Waals surface area contributed by atoms with E-state index in [1.807, 2.05) is 6.92 Å². The number of alkyl halides is 4. The van der Waals surface area contributed by atoms with E-state index in [9.17, 15) is 21.6 Å². The van der Waals surface area contributed by atoms with Crippen LogP contribution in [0, 0.1) is 0 Å². The van der Waals surface area contributed by atoms with Crippen LogP contribution < -0.4 is 0 Å². The molecule has 21 heavy (non-hydrogen) atoms. The highest BCUT2D eigenvalue weighted by Gasteiger charge is 2.36. The first kappa shape index (κ1) is 18.3. The van der Waals surface area contributed by atoms with E-state index in [2.05, 4.69) is 0 Å². The molecule has 0 fully saturated rings. The first-order chi connectivity index (χ1) is 9.70. The van der Waals surface area contributed by atoms with E-state index < -0.39 is 22.7 Å². The van der Waals surface area contributed by atoms with Crippen molar-refractivity contribution in [2.24, 2.45) is 0 Å². The molecule has 0 saturated carbocycles. The molecule has 1 rings (SSSR count). The van der Waals surface area contributed by atoms with Crippen LogP contribution >= 0.6 is 11.6 Å². The molecule has 0 aliphatic carbocycles. The third-order valence-corrected chi connectivity index (χ3v) is 4.82. The number of hydrogen-bond acceptors (Lipinski definition) is 2. The van der Waals surface area contributed by atoms with E-state index in [-0.39, 0.29) is 17.3 Å². The standard InChI is InChI=1S/C13H17ClF3NO2S/c1-2-3-11-4-6-12(7-5-11)21(19,20)18(9-8-14)10-13(15,16)17/h4-7H,2-3,8-10H2,1H3. The van der Waals surface area contributed by atoms with E-state index >= 15 is 0 Å². The van der Waals surface area contributed by atoms with Gasteiger partial charge in [-0.05, 0) is 24.1 Å². The highest BCUT2D eigenvalue weighted by molar-refractivity contribution is 7.89. The van der Waals surface area contributed by atoms with Crippen LogP contribution in [0.4, 0.5) is 13.2 Å². The second-order valence-electron chi connectivity index (χ2n) is 4.54. The molecule has 0 saturated heterocycles. The number of rotatable bonds is 7. The van der Waals surface area contributed by atoms with Gasteiger partial charge in [0, 0.05) is 12.4 Å². The Morgan fingerprint density at radius 2 is 1.76 bits per heavy atom. The highest BCUT2D eigenvalue weighted by Crippen LogP contribution is 2.23. The second-order valence-corrected chi connectivity index (χ2v) is 6.85. The maximum Gasteiger partial charge on any atom is 0.402 e. The number of benzene rings is 1. The van der Waals surface area contributed by atoms with Crippen LogP contribution in [-0.4, -0.2) is 37.9 Å². The van der Waals surface area contributed by atoms with E-state index in [0.29, 0.717) is 4.31 Å². The molecular weight excluding hydrogens is 327 g/mol. The summed E-state index contributed by atoms with van der Waals surface area (Å²) in [5.41, 5.74) is 0.941. The molecule has 0 spiro atoms. The molecule has 3 nitrogen and oxygen atoms in total. The summed E-state index contributed by atoms with van der Waals surface area (Å²) < 4.78 is 62.3. The fourth-order valence-electron chi connectivity index (χ4n) is 1.84. The predicted molar refractivity (Wildman–Crippen MR) is 76.0 cm³/mol. The minimum atomic E-state index is -4.61. The number of sulfonamides is 1. The number of aryl methyl sites for hydroxylation is 1. The molecule has 0 atom stereocenters. The van der Waals surface area contributed by atoms with Gasteiger partial charge in [-0.25, -0.2) is 8.42 Å². The van der Waals surface area contributed by atoms with Gasteiger partial charge in [0.25, 0.3) is 0 Å². The lowest BCUT2D eigenvalue weighted by Gasteiger charge is -2.22. The third kappa shape index (κ3) is 5.48. The zero-order valence-electron chi connectivity index (χ0n) is 11.5. The van der Waals surface area contributed by atoms with E-state index in [0.717, 1.165) is 18.4 Å². The minimum Gasteiger partial charge on any atom is -0.207 e. The average Bonchev–Trinajstić information content (AvgIpc) is 2.38. The molecule has 0 radical (unpaired) electrons. The van der Waals surface area contributed by atoms with Crippen LogP contribution in [0.1, 0.15) is 18.9 Å². The molecule has 1 aromatic rings. The molecule has 0 bridgehead atoms. The molecule has 8 heteroatoms. The Bertz CT molecular complexity index is 544. The zero-order valence-corrected chi connectivity index (χ0v) is 13.1. The van der Waals surface area contributed by atoms with E-state index in [4.69, 9.17) is 11.6 Å². The van der Waals surface area contributed by atoms with Crippen molar-refractivity contribution in [1.82, 2.24) is 4.31 Å². The van der Waals surface area contributed by atoms with Gasteiger partial charge in [-0.2, -0.15) is 17.5 Å². The molecule has 1 aromatic carbocycles. The summed E-state index contributed by atoms with van der Waals surface area (Å²) in [6.45, 7) is 0.0507. The van der Waals surface area contributed by atoms with Crippen molar-refractivity contribution in [2.75, 3.05) is 19.0 Å². The molecule has 0 heterocycles. The van der Waals surface area contributed by atoms with Crippen molar-refractivity contribution in [1.29, 1.82) is 0 Å². The Balaban J connectivity index is 3.04. The summed E-state index contributed by atoms with van der Waals surface area (Å²) in [6.07, 6.45) is -2.92. The van der Waals surface area contributed by atoms with Crippen molar-refractivity contribution >= 4 is 21.6 Å². The Hall–Kier alpha value is -0.790. The van der Waals surface area contributed by atoms with Gasteiger partial charge in [0.1, 0.15) is 6.54 Å². The largest absolute Gasteiger partial charge is 0.402 e. The smallest absolute Gasteiger partial charge is 0.207 e. The number of hydrogen-bond donors (Lipinski definition) is 0. The first-order valence-corrected chi connectivity index (χ1v) is 8.40. The van der Waals surface area contributed by atoms with Gasteiger partial charge in [0.05, 0.1) is 4.90 Å². The summed E-state index contributed by atoms with van der Waals surface area (Å²) >= 11 is 5.41. The van der Waals surface area contributed by atoms with Crippen LogP contribution in [0.3, 0.4) is 0 Å². The fourth-order valence-corrected chi connectivity index (χ4v) is 3.57. The lowest BCUT2D eigenvalue weighted by molar-refractivity contribution is -0.135. The van der Waals surface area contributed by atoms with Gasteiger partial charge < -0.3 is 0 Å². The first-order valence-electron chi connectivity index (χ1n) is 6.42. The Labute approximate surface area is 127 Å². The molecule has 120 valence electrons. The van der Waals surface area contributed by atoms with Gasteiger partial charge >= 0.3 is 6.18 Å². The van der Waals surface area contributed by atoms with Gasteiger partial charge in [-0.1, -0.05) is 25.5 Å². The Kier molecular flexibility index (Phi) is 6.49. The van der Waals surface area contributed by atoms with E-state index in [1.165, 1.54) is 12.1 Å². The molecule has 0 aromatic heterocycles. The molecule has 0 aliphatic heterocycles. The lowest BCUT2D eigenvalue weighted by Crippen LogP contribution is -2.40. The average molecular weight is 344 g/mol. The maximum absolute atomic E-state index is 12.5. The van der Waals surface area contributed by atoms with Gasteiger partial charge in [-0.15, -0.1) is 11.6 Å². The number of nitrogens with zero attached hydrogens (tertiary/aromatic N) is 1. The minimum absolute atomic E-state index is 0.156. The van der Waals surface area contributed by atoms with Crippen molar-refractivity contribution < 1.29 is 21.6 Å². The Morgan fingerprint density at radius 1 is 1.19 bits per heavy atom. The normalized spacial score (nSPS) is 12.9. The lowest BCUT2D eigenvalue weighted by atomic mass is 10.1. The molecule has 0 N–H and O–H groups in total. The quantitative estimate of drug-likeness (QED) is 0.711. The molecule has 0 aliphatic rings. The van der Waals surface area contributed by atoms with Crippen LogP contribution in [0.5, 0.6) is 0 Å². The maximum atomic E-state index is 12.5. The van der Waals surface area contributed by atoms with Gasteiger partial charge in [-0.3, -0.25) is 0 Å². The Morgan fingerprint density at radius 3 is 2.19 bits per heavy atom. The van der Waals surface area contributed by atoms with E-state index in [1.54, 1.807) is 12.1 Å².